The van der Waals surface area contributed by atoms with E-state index in [0.717, 1.165) is 0 Å². The molecule has 1 heterocycles. The first-order valence-electron chi connectivity index (χ1n) is 4.49. The molecule has 1 amide bonds. The first-order valence-corrected chi connectivity index (χ1v) is 4.49. The third kappa shape index (κ3) is 3.26. The lowest BCUT2D eigenvalue weighted by Gasteiger charge is -2.12. The second-order valence-corrected chi connectivity index (χ2v) is 2.97. The molecule has 0 aliphatic heterocycles. The molecule has 82 valence electrons. The van der Waals surface area contributed by atoms with E-state index in [4.69, 9.17) is 10.5 Å². The monoisotopic (exact) mass is 210 g/mol. The highest BCUT2D eigenvalue weighted by molar-refractivity contribution is 5.94. The van der Waals surface area contributed by atoms with E-state index in [1.165, 1.54) is 19.5 Å². The first-order chi connectivity index (χ1) is 7.17. The van der Waals surface area contributed by atoms with Crippen molar-refractivity contribution in [3.05, 3.63) is 18.2 Å². The Labute approximate surface area is 87.9 Å². The summed E-state index contributed by atoms with van der Waals surface area (Å²) in [5, 5.41) is 2.60. The maximum Gasteiger partial charge on any atom is 0.254 e. The van der Waals surface area contributed by atoms with Gasteiger partial charge in [-0.2, -0.15) is 0 Å². The average molecular weight is 210 g/mol. The van der Waals surface area contributed by atoms with Crippen LogP contribution in [-0.2, 0) is 9.53 Å². The van der Waals surface area contributed by atoms with Crippen molar-refractivity contribution >= 4 is 11.6 Å². The van der Waals surface area contributed by atoms with Crippen molar-refractivity contribution in [3.63, 3.8) is 0 Å². The van der Waals surface area contributed by atoms with Crippen LogP contribution in [-0.4, -0.2) is 35.6 Å². The summed E-state index contributed by atoms with van der Waals surface area (Å²) in [6.45, 7) is 1.90. The summed E-state index contributed by atoms with van der Waals surface area (Å²) in [4.78, 5) is 19.4. The topological polar surface area (TPSA) is 90.1 Å². The van der Waals surface area contributed by atoms with E-state index >= 15 is 0 Å². The van der Waals surface area contributed by atoms with Gasteiger partial charge < -0.3 is 15.8 Å². The van der Waals surface area contributed by atoms with Gasteiger partial charge in [-0.15, -0.1) is 0 Å². The van der Waals surface area contributed by atoms with Gasteiger partial charge in [0, 0.05) is 13.7 Å². The van der Waals surface area contributed by atoms with Gasteiger partial charge in [0.15, 0.2) is 0 Å². The van der Waals surface area contributed by atoms with Gasteiger partial charge in [0.1, 0.15) is 11.9 Å². The number of aryl methyl sites for hydroxylation is 1. The van der Waals surface area contributed by atoms with Crippen LogP contribution < -0.4 is 11.1 Å². The second kappa shape index (κ2) is 5.38. The number of aromatic nitrogens is 2. The summed E-state index contributed by atoms with van der Waals surface area (Å²) in [7, 11) is 1.43. The van der Waals surface area contributed by atoms with Crippen LogP contribution in [0.5, 0.6) is 0 Å². The molecule has 1 aromatic heterocycles. The molecule has 6 nitrogen and oxygen atoms in total. The average Bonchev–Trinajstić information content (AvgIpc) is 2.23. The quantitative estimate of drug-likeness (QED) is 0.712. The van der Waals surface area contributed by atoms with Crippen molar-refractivity contribution < 1.29 is 9.53 Å². The third-order valence-electron chi connectivity index (χ3n) is 1.84. The predicted molar refractivity (Wildman–Crippen MR) is 55.3 cm³/mol. The molecule has 0 radical (unpaired) electrons. The fraction of sp³-hybridized carbons (Fsp3) is 0.444. The Balaban J connectivity index is 2.61. The van der Waals surface area contributed by atoms with Crippen LogP contribution in [0.3, 0.4) is 0 Å². The molecule has 3 N–H and O–H groups in total. The molecule has 0 spiro atoms. The standard InChI is InChI=1S/C9H14N4O2/c1-6-11-4-7(5-12-6)13-9(14)8(3-10)15-2/h4-5,8H,3,10H2,1-2H3,(H,13,14). The molecule has 0 fully saturated rings. The number of nitrogens with two attached hydrogens (primary N) is 1. The van der Waals surface area contributed by atoms with Crippen LogP contribution in [0.4, 0.5) is 5.69 Å². The predicted octanol–water partition coefficient (Wildman–Crippen LogP) is -0.303. The van der Waals surface area contributed by atoms with Gasteiger partial charge in [-0.25, -0.2) is 9.97 Å². The van der Waals surface area contributed by atoms with Crippen molar-refractivity contribution in [1.29, 1.82) is 0 Å². The van der Waals surface area contributed by atoms with Crippen molar-refractivity contribution in [2.24, 2.45) is 5.73 Å². The molecular weight excluding hydrogens is 196 g/mol. The molecule has 15 heavy (non-hydrogen) atoms. The smallest absolute Gasteiger partial charge is 0.254 e. The second-order valence-electron chi connectivity index (χ2n) is 2.97. The molecule has 6 heteroatoms. The summed E-state index contributed by atoms with van der Waals surface area (Å²) < 4.78 is 4.88. The number of methoxy groups -OCH3 is 1. The minimum Gasteiger partial charge on any atom is -0.370 e. The van der Waals surface area contributed by atoms with Crippen LogP contribution in [0, 0.1) is 6.92 Å². The molecule has 0 bridgehead atoms. The number of hydrogen-bond donors (Lipinski definition) is 2. The largest absolute Gasteiger partial charge is 0.370 e. The van der Waals surface area contributed by atoms with E-state index in [-0.39, 0.29) is 12.5 Å². The van der Waals surface area contributed by atoms with E-state index in [0.29, 0.717) is 11.5 Å². The van der Waals surface area contributed by atoms with Crippen molar-refractivity contribution in [2.45, 2.75) is 13.0 Å². The zero-order valence-corrected chi connectivity index (χ0v) is 8.73. The zero-order valence-electron chi connectivity index (χ0n) is 8.73. The fourth-order valence-corrected chi connectivity index (χ4v) is 0.990. The lowest BCUT2D eigenvalue weighted by atomic mass is 10.3. The van der Waals surface area contributed by atoms with Crippen molar-refractivity contribution in [1.82, 2.24) is 9.97 Å². The number of anilines is 1. The molecule has 0 aliphatic carbocycles. The lowest BCUT2D eigenvalue weighted by molar-refractivity contribution is -0.125. The highest BCUT2D eigenvalue weighted by Crippen LogP contribution is 2.03. The number of carbonyl (C=O) groups excluding carboxylic acids is 1. The van der Waals surface area contributed by atoms with Gasteiger partial charge in [0.05, 0.1) is 18.1 Å². The lowest BCUT2D eigenvalue weighted by Crippen LogP contribution is -2.35. The van der Waals surface area contributed by atoms with Crippen molar-refractivity contribution in [3.8, 4) is 0 Å². The minimum atomic E-state index is -0.647. The van der Waals surface area contributed by atoms with Crippen molar-refractivity contribution in [2.75, 3.05) is 19.0 Å². The van der Waals surface area contributed by atoms with Gasteiger partial charge in [-0.1, -0.05) is 0 Å². The Morgan fingerprint density at radius 1 is 1.60 bits per heavy atom. The van der Waals surface area contributed by atoms with Gasteiger partial charge in [-0.3, -0.25) is 4.79 Å². The van der Waals surface area contributed by atoms with E-state index in [9.17, 15) is 4.79 Å². The summed E-state index contributed by atoms with van der Waals surface area (Å²) in [5.41, 5.74) is 5.87. The number of amides is 1. The highest BCUT2D eigenvalue weighted by Gasteiger charge is 2.15. The maximum atomic E-state index is 11.5. The summed E-state index contributed by atoms with van der Waals surface area (Å²) in [6.07, 6.45) is 2.42. The van der Waals surface area contributed by atoms with Gasteiger partial charge in [0.2, 0.25) is 0 Å². The molecule has 0 saturated carbocycles. The minimum absolute atomic E-state index is 0.134. The molecule has 0 aliphatic rings. The molecule has 1 unspecified atom stereocenters. The maximum absolute atomic E-state index is 11.5. The molecule has 1 atom stereocenters. The number of nitrogens with one attached hydrogen (secondary N) is 1. The normalized spacial score (nSPS) is 12.2. The Bertz CT molecular complexity index is 321. The first kappa shape index (κ1) is 11.5. The summed E-state index contributed by atoms with van der Waals surface area (Å²) in [5.74, 6) is 0.350. The van der Waals surface area contributed by atoms with E-state index < -0.39 is 6.10 Å². The van der Waals surface area contributed by atoms with Crippen LogP contribution in [0.15, 0.2) is 12.4 Å². The van der Waals surface area contributed by atoms with E-state index in [1.807, 2.05) is 0 Å². The number of ether oxygens (including phenoxy) is 1. The SMILES string of the molecule is COC(CN)C(=O)Nc1cnc(C)nc1. The third-order valence-corrected chi connectivity index (χ3v) is 1.84. The Hall–Kier alpha value is -1.53. The van der Waals surface area contributed by atoms with Crippen LogP contribution in [0.1, 0.15) is 5.82 Å². The van der Waals surface area contributed by atoms with Crippen LogP contribution in [0.2, 0.25) is 0 Å². The number of rotatable bonds is 4. The molecule has 0 saturated heterocycles. The molecule has 1 rings (SSSR count). The van der Waals surface area contributed by atoms with Gasteiger partial charge in [-0.05, 0) is 6.92 Å². The van der Waals surface area contributed by atoms with Crippen LogP contribution in [0.25, 0.3) is 0 Å². The zero-order chi connectivity index (χ0) is 11.3. The molecule has 1 aromatic rings. The van der Waals surface area contributed by atoms with E-state index in [1.54, 1.807) is 6.92 Å². The number of hydrogen-bond acceptors (Lipinski definition) is 5. The number of nitrogens with zero attached hydrogens (tertiary/aromatic N) is 2. The Morgan fingerprint density at radius 3 is 2.67 bits per heavy atom. The van der Waals surface area contributed by atoms with E-state index in [2.05, 4.69) is 15.3 Å². The Kier molecular flexibility index (Phi) is 4.14. The van der Waals surface area contributed by atoms with Gasteiger partial charge in [0.25, 0.3) is 5.91 Å². The molecular formula is C9H14N4O2. The Morgan fingerprint density at radius 2 is 2.20 bits per heavy atom. The highest BCUT2D eigenvalue weighted by atomic mass is 16.5. The molecule has 0 aromatic carbocycles. The summed E-state index contributed by atoms with van der Waals surface area (Å²) in [6, 6.07) is 0. The number of carbonyl (C=O) groups is 1. The van der Waals surface area contributed by atoms with Gasteiger partial charge >= 0.3 is 0 Å². The summed E-state index contributed by atoms with van der Waals surface area (Å²) >= 11 is 0. The fourth-order valence-electron chi connectivity index (χ4n) is 0.990. The van der Waals surface area contributed by atoms with Crippen LogP contribution >= 0.6 is 0 Å².